The Labute approximate surface area is 163 Å². The number of amides is 1. The van der Waals surface area contributed by atoms with Crippen LogP contribution in [0.4, 0.5) is 10.1 Å². The summed E-state index contributed by atoms with van der Waals surface area (Å²) in [5, 5.41) is 7.82. The fourth-order valence-corrected chi connectivity index (χ4v) is 3.32. The van der Waals surface area contributed by atoms with Gasteiger partial charge in [-0.3, -0.25) is 9.48 Å². The van der Waals surface area contributed by atoms with Crippen molar-refractivity contribution in [2.24, 2.45) is 0 Å². The van der Waals surface area contributed by atoms with E-state index in [1.165, 1.54) is 12.1 Å². The summed E-state index contributed by atoms with van der Waals surface area (Å²) in [6.07, 6.45) is 0. The number of nitrogens with zero attached hydrogens (tertiary/aromatic N) is 2. The van der Waals surface area contributed by atoms with E-state index in [1.54, 1.807) is 10.7 Å². The van der Waals surface area contributed by atoms with Crippen LogP contribution in [0.5, 0.6) is 0 Å². The number of aryl methyl sites for hydroxylation is 3. The lowest BCUT2D eigenvalue weighted by Gasteiger charge is -2.10. The molecule has 1 amide bonds. The average Bonchev–Trinajstić information content (AvgIpc) is 2.84. The first-order valence-corrected chi connectivity index (χ1v) is 9.00. The predicted molar refractivity (Wildman–Crippen MR) is 106 cm³/mol. The van der Waals surface area contributed by atoms with Gasteiger partial charge in [-0.15, -0.1) is 0 Å². The number of carbonyl (C=O) groups is 1. The molecule has 0 aliphatic rings. The van der Waals surface area contributed by atoms with E-state index in [0.717, 1.165) is 22.4 Å². The SMILES string of the molecule is Cc1ccc(C(=O)Nc2c(C)nn(Cc3ccc(F)cc3Cl)c2C)c(C)c1. The number of anilines is 1. The van der Waals surface area contributed by atoms with Gasteiger partial charge in [-0.2, -0.15) is 5.10 Å². The third-order valence-electron chi connectivity index (χ3n) is 4.58. The Balaban J connectivity index is 1.86. The van der Waals surface area contributed by atoms with Crippen molar-refractivity contribution in [3.05, 3.63) is 80.9 Å². The Hall–Kier alpha value is -2.66. The van der Waals surface area contributed by atoms with Crippen molar-refractivity contribution in [3.8, 4) is 0 Å². The van der Waals surface area contributed by atoms with Crippen molar-refractivity contribution in [1.82, 2.24) is 9.78 Å². The summed E-state index contributed by atoms with van der Waals surface area (Å²) in [4.78, 5) is 12.7. The fourth-order valence-electron chi connectivity index (χ4n) is 3.09. The Bertz CT molecular complexity index is 1030. The molecule has 0 atom stereocenters. The van der Waals surface area contributed by atoms with Crippen LogP contribution in [-0.4, -0.2) is 15.7 Å². The van der Waals surface area contributed by atoms with Crippen LogP contribution in [0.3, 0.4) is 0 Å². The van der Waals surface area contributed by atoms with Gasteiger partial charge in [0.15, 0.2) is 0 Å². The van der Waals surface area contributed by atoms with Crippen molar-refractivity contribution >= 4 is 23.2 Å². The van der Waals surface area contributed by atoms with Crippen LogP contribution in [0, 0.1) is 33.5 Å². The van der Waals surface area contributed by atoms with Gasteiger partial charge >= 0.3 is 0 Å². The van der Waals surface area contributed by atoms with E-state index in [2.05, 4.69) is 10.4 Å². The molecule has 1 N–H and O–H groups in total. The van der Waals surface area contributed by atoms with Crippen LogP contribution in [0.1, 0.15) is 38.4 Å². The lowest BCUT2D eigenvalue weighted by atomic mass is 10.1. The quantitative estimate of drug-likeness (QED) is 0.670. The minimum atomic E-state index is -0.376. The first kappa shape index (κ1) is 19.1. The van der Waals surface area contributed by atoms with Crippen LogP contribution in [0.15, 0.2) is 36.4 Å². The molecule has 6 heteroatoms. The molecule has 3 rings (SSSR count). The highest BCUT2D eigenvalue weighted by Gasteiger charge is 2.17. The van der Waals surface area contributed by atoms with E-state index in [-0.39, 0.29) is 11.7 Å². The van der Waals surface area contributed by atoms with Crippen LogP contribution in [-0.2, 0) is 6.54 Å². The van der Waals surface area contributed by atoms with Crippen molar-refractivity contribution in [2.45, 2.75) is 34.2 Å². The maximum atomic E-state index is 13.2. The molecule has 0 saturated heterocycles. The highest BCUT2D eigenvalue weighted by Crippen LogP contribution is 2.24. The van der Waals surface area contributed by atoms with Gasteiger partial charge in [0.1, 0.15) is 5.82 Å². The summed E-state index contributed by atoms with van der Waals surface area (Å²) in [6.45, 7) is 8.03. The second kappa shape index (κ2) is 7.53. The lowest BCUT2D eigenvalue weighted by Crippen LogP contribution is -2.15. The Morgan fingerprint density at radius 1 is 1.15 bits per heavy atom. The van der Waals surface area contributed by atoms with Crippen LogP contribution in [0.2, 0.25) is 5.02 Å². The number of nitrogens with one attached hydrogen (secondary N) is 1. The second-order valence-electron chi connectivity index (χ2n) is 6.71. The number of hydrogen-bond donors (Lipinski definition) is 1. The lowest BCUT2D eigenvalue weighted by molar-refractivity contribution is 0.102. The zero-order valence-corrected chi connectivity index (χ0v) is 16.5. The summed E-state index contributed by atoms with van der Waals surface area (Å²) < 4.78 is 15.0. The largest absolute Gasteiger partial charge is 0.319 e. The normalized spacial score (nSPS) is 10.9. The number of benzene rings is 2. The van der Waals surface area contributed by atoms with Crippen molar-refractivity contribution < 1.29 is 9.18 Å². The molecule has 0 saturated carbocycles. The zero-order valence-electron chi connectivity index (χ0n) is 15.7. The van der Waals surface area contributed by atoms with Crippen molar-refractivity contribution in [1.29, 1.82) is 0 Å². The predicted octanol–water partition coefficient (Wildman–Crippen LogP) is 5.21. The Morgan fingerprint density at radius 2 is 1.89 bits per heavy atom. The average molecular weight is 386 g/mol. The van der Waals surface area contributed by atoms with Crippen LogP contribution >= 0.6 is 11.6 Å². The molecule has 0 aliphatic carbocycles. The fraction of sp³-hybridized carbons (Fsp3) is 0.238. The van der Waals surface area contributed by atoms with Crippen LogP contribution in [0.25, 0.3) is 0 Å². The van der Waals surface area contributed by atoms with Gasteiger partial charge in [0, 0.05) is 10.6 Å². The molecule has 1 aromatic heterocycles. The van der Waals surface area contributed by atoms with E-state index in [1.807, 2.05) is 45.9 Å². The van der Waals surface area contributed by atoms with Gasteiger partial charge in [0.2, 0.25) is 0 Å². The smallest absolute Gasteiger partial charge is 0.256 e. The van der Waals surface area contributed by atoms with Crippen molar-refractivity contribution in [2.75, 3.05) is 5.32 Å². The minimum absolute atomic E-state index is 0.168. The standard InChI is InChI=1S/C21H21ClFN3O/c1-12-5-8-18(13(2)9-12)21(27)24-20-14(3)25-26(15(20)4)11-16-6-7-17(23)10-19(16)22/h5-10H,11H2,1-4H3,(H,24,27). The number of carbonyl (C=O) groups excluding carboxylic acids is 1. The highest BCUT2D eigenvalue weighted by atomic mass is 35.5. The third-order valence-corrected chi connectivity index (χ3v) is 4.93. The molecule has 0 aliphatic heterocycles. The molecule has 3 aromatic rings. The maximum absolute atomic E-state index is 13.2. The van der Waals surface area contributed by atoms with E-state index in [4.69, 9.17) is 11.6 Å². The summed E-state index contributed by atoms with van der Waals surface area (Å²) in [7, 11) is 0. The summed E-state index contributed by atoms with van der Waals surface area (Å²) in [6, 6.07) is 10.0. The van der Waals surface area contributed by atoms with Crippen LogP contribution < -0.4 is 5.32 Å². The molecule has 140 valence electrons. The van der Waals surface area contributed by atoms with Gasteiger partial charge in [0.25, 0.3) is 5.91 Å². The molecule has 2 aromatic carbocycles. The first-order valence-electron chi connectivity index (χ1n) is 8.63. The van der Waals surface area contributed by atoms with E-state index in [0.29, 0.717) is 28.5 Å². The van der Waals surface area contributed by atoms with E-state index in [9.17, 15) is 9.18 Å². The van der Waals surface area contributed by atoms with Crippen molar-refractivity contribution in [3.63, 3.8) is 0 Å². The van der Waals surface area contributed by atoms with E-state index < -0.39 is 0 Å². The van der Waals surface area contributed by atoms with Gasteiger partial charge in [-0.05, 0) is 57.0 Å². The van der Waals surface area contributed by atoms with E-state index >= 15 is 0 Å². The molecule has 0 unspecified atom stereocenters. The van der Waals surface area contributed by atoms with Gasteiger partial charge in [-0.25, -0.2) is 4.39 Å². The molecule has 0 radical (unpaired) electrons. The molecule has 27 heavy (non-hydrogen) atoms. The monoisotopic (exact) mass is 385 g/mol. The summed E-state index contributed by atoms with van der Waals surface area (Å²) >= 11 is 6.12. The summed E-state index contributed by atoms with van der Waals surface area (Å²) in [5.41, 5.74) is 5.63. The van der Waals surface area contributed by atoms with Gasteiger partial charge in [-0.1, -0.05) is 35.4 Å². The number of rotatable bonds is 4. The van der Waals surface area contributed by atoms with Gasteiger partial charge < -0.3 is 5.32 Å². The second-order valence-corrected chi connectivity index (χ2v) is 7.12. The minimum Gasteiger partial charge on any atom is -0.319 e. The molecular formula is C21H21ClFN3O. The van der Waals surface area contributed by atoms with Gasteiger partial charge in [0.05, 0.1) is 23.6 Å². The molecule has 0 bridgehead atoms. The number of aromatic nitrogens is 2. The molecular weight excluding hydrogens is 365 g/mol. The maximum Gasteiger partial charge on any atom is 0.256 e. The highest BCUT2D eigenvalue weighted by molar-refractivity contribution is 6.31. The molecule has 0 spiro atoms. The topological polar surface area (TPSA) is 46.9 Å². The number of halogens is 2. The summed E-state index contributed by atoms with van der Waals surface area (Å²) in [5.74, 6) is -0.545. The Kier molecular flexibility index (Phi) is 5.33. The Morgan fingerprint density at radius 3 is 2.56 bits per heavy atom. The third kappa shape index (κ3) is 4.03. The molecule has 0 fully saturated rings. The zero-order chi connectivity index (χ0) is 19.7. The molecule has 1 heterocycles. The number of hydrogen-bond acceptors (Lipinski definition) is 2. The first-order chi connectivity index (χ1) is 12.8. The molecule has 4 nitrogen and oxygen atoms in total.